The lowest BCUT2D eigenvalue weighted by molar-refractivity contribution is 0.594. The molecular formula is C88H62BrFN28. The monoisotopic (exact) mass is 1610 g/mol. The minimum atomic E-state index is -0.311. The SMILES string of the molecule is N#Cc1ccc(F)cc1.[C-]#[N+]c1ccc(C(c2ccc(C#N)cc2)n2cncn2)cc1.[C-]#[N+]c1ccc(C(c2ccc(C#N)cc2)n2cncn2)cc1.[C-]#[N+]c1ccc(C(c2ccc(C#N)cc2)n2cnnc2)cc1.[C-]#[N+]c1ccc(CBr)cc1.[C-]#[N+]c1ccc(Cn2cncn2)cc1.[C-]#[N+]c1ccc(Cn2cnnc2)cc1.c1nc[nH]n1. The maximum absolute atomic E-state index is 12.1. The van der Waals surface area contributed by atoms with Crippen LogP contribution in [0.1, 0.15) is 90.5 Å². The van der Waals surface area contributed by atoms with Gasteiger partial charge >= 0.3 is 0 Å². The molecule has 0 aliphatic carbocycles. The van der Waals surface area contributed by atoms with Crippen LogP contribution in [-0.2, 0) is 18.4 Å². The molecule has 0 aliphatic heterocycles. The van der Waals surface area contributed by atoms with E-state index in [1.807, 2.05) is 149 Å². The van der Waals surface area contributed by atoms with Crippen molar-refractivity contribution in [2.75, 3.05) is 0 Å². The topological polar surface area (TPSA) is 316 Å². The Hall–Kier alpha value is -17.7. The second-order valence-corrected chi connectivity index (χ2v) is 24.7. The Morgan fingerprint density at radius 2 is 0.644 bits per heavy atom. The van der Waals surface area contributed by atoms with Gasteiger partial charge in [0.2, 0.25) is 0 Å². The summed E-state index contributed by atoms with van der Waals surface area (Å²) in [5.41, 5.74) is 15.7. The van der Waals surface area contributed by atoms with Gasteiger partial charge in [-0.3, -0.25) is 5.10 Å². The number of hydrogen-bond acceptors (Lipinski definition) is 16. The summed E-state index contributed by atoms with van der Waals surface area (Å²) in [4.78, 5) is 35.6. The van der Waals surface area contributed by atoms with Gasteiger partial charge < -0.3 is 9.13 Å². The number of nitrogens with one attached hydrogen (secondary N) is 1. The molecule has 0 bridgehead atoms. The average Bonchev–Trinajstić information content (AvgIpc) is 1.45. The molecule has 0 saturated heterocycles. The largest absolute Gasteiger partial charge is 0.316 e. The molecule has 28 nitrogen and oxygen atoms in total. The van der Waals surface area contributed by atoms with Gasteiger partial charge in [0.05, 0.1) is 98.6 Å². The number of benzene rings is 10. The lowest BCUT2D eigenvalue weighted by Gasteiger charge is -2.19. The Morgan fingerprint density at radius 3 is 0.932 bits per heavy atom. The van der Waals surface area contributed by atoms with E-state index in [1.54, 1.807) is 143 Å². The first kappa shape index (κ1) is 84.4. The van der Waals surface area contributed by atoms with Crippen LogP contribution in [0.5, 0.6) is 0 Å². The zero-order chi connectivity index (χ0) is 83.3. The molecule has 6 aromatic heterocycles. The fraction of sp³-hybridized carbons (Fsp3) is 0.0682. The number of nitriles is 4. The Kier molecular flexibility index (Phi) is 33.0. The standard InChI is InChI=1S/3C17H11N5.2C10H8N4.C8H6BrN.C7H4FN.C2H3N3/c1-19-16-8-6-15(7-9-16)17(22-11-20-21-12-22)14-4-2-13(10-18)3-5-14;2*1-19-16-8-6-15(7-9-16)17(22-12-20-11-21-22)14-4-2-13(10-18)3-5-14;1-11-10-4-2-9(3-5-10)6-14-7-12-13-8-14;1-11-10-4-2-9(3-5-10)6-14-8-12-7-13-14;1-10-8-4-2-7(6-9)3-5-8;8-7-3-1-6(5-9)2-4-7;1-3-2-5-4-1/h3*2-9,11-12,17H;2*2-5,7-8H,6H2;2-5H,6H2;1-4H;1-2H,(H,3,4,5). The highest BCUT2D eigenvalue weighted by atomic mass is 79.9. The van der Waals surface area contributed by atoms with E-state index in [-0.39, 0.29) is 23.9 Å². The van der Waals surface area contributed by atoms with Crippen molar-refractivity contribution < 1.29 is 4.39 Å². The van der Waals surface area contributed by atoms with E-state index >= 15 is 0 Å². The number of nitrogens with zero attached hydrogens (tertiary/aromatic N) is 27. The third kappa shape index (κ3) is 26.3. The molecular weight excluding hydrogens is 1550 g/mol. The van der Waals surface area contributed by atoms with E-state index in [0.717, 1.165) is 56.4 Å². The van der Waals surface area contributed by atoms with Gasteiger partial charge in [0.1, 0.15) is 93.8 Å². The third-order valence-corrected chi connectivity index (χ3v) is 17.2. The molecule has 0 radical (unpaired) electrons. The maximum atomic E-state index is 12.1. The smallest absolute Gasteiger partial charge is 0.187 e. The van der Waals surface area contributed by atoms with Crippen molar-refractivity contribution in [3.8, 4) is 24.3 Å². The van der Waals surface area contributed by atoms with Crippen LogP contribution in [0, 0.1) is 90.6 Å². The van der Waals surface area contributed by atoms with Crippen molar-refractivity contribution in [1.82, 2.24) is 89.0 Å². The van der Waals surface area contributed by atoms with E-state index in [1.165, 1.54) is 61.5 Å². The quantitative estimate of drug-likeness (QED) is 0.0781. The Morgan fingerprint density at radius 1 is 0.339 bits per heavy atom. The summed E-state index contributed by atoms with van der Waals surface area (Å²) in [5.74, 6) is -0.311. The Balaban J connectivity index is 0.000000158. The highest BCUT2D eigenvalue weighted by Gasteiger charge is 2.20. The first-order valence-corrected chi connectivity index (χ1v) is 36.0. The van der Waals surface area contributed by atoms with E-state index < -0.39 is 0 Å². The molecule has 10 aromatic carbocycles. The van der Waals surface area contributed by atoms with Crippen molar-refractivity contribution >= 4 is 50.1 Å². The minimum Gasteiger partial charge on any atom is -0.316 e. The van der Waals surface area contributed by atoms with Crippen LogP contribution in [0.2, 0.25) is 0 Å². The van der Waals surface area contributed by atoms with Gasteiger partial charge in [-0.15, -0.1) is 20.4 Å². The molecule has 0 fully saturated rings. The summed E-state index contributed by atoms with van der Waals surface area (Å²) < 4.78 is 21.2. The summed E-state index contributed by atoms with van der Waals surface area (Å²) in [5, 5.41) is 69.5. The number of aromatic amines is 1. The first-order chi connectivity index (χ1) is 57.9. The number of H-pyrrole nitrogens is 1. The summed E-state index contributed by atoms with van der Waals surface area (Å²) in [7, 11) is 0. The summed E-state index contributed by atoms with van der Waals surface area (Å²) in [6, 6.07) is 80.2. The number of rotatable bonds is 14. The van der Waals surface area contributed by atoms with Gasteiger partial charge in [0, 0.05) is 11.9 Å². The maximum Gasteiger partial charge on any atom is 0.187 e. The molecule has 1 N–H and O–H groups in total. The van der Waals surface area contributed by atoms with Crippen LogP contribution < -0.4 is 0 Å². The molecule has 118 heavy (non-hydrogen) atoms. The van der Waals surface area contributed by atoms with E-state index in [4.69, 9.17) is 60.5 Å². The van der Waals surface area contributed by atoms with Gasteiger partial charge in [-0.05, 0) is 111 Å². The fourth-order valence-electron chi connectivity index (χ4n) is 10.7. The van der Waals surface area contributed by atoms with Crippen LogP contribution in [0.4, 0.5) is 38.5 Å². The van der Waals surface area contributed by atoms with E-state index in [2.05, 4.69) is 129 Å². The normalized spacial score (nSPS) is 10.4. The molecule has 3 unspecified atom stereocenters. The second-order valence-electron chi connectivity index (χ2n) is 24.1. The number of halogens is 2. The van der Waals surface area contributed by atoms with Gasteiger partial charge in [0.25, 0.3) is 0 Å². The first-order valence-electron chi connectivity index (χ1n) is 34.9. The van der Waals surface area contributed by atoms with Gasteiger partial charge in [0.15, 0.2) is 34.1 Å². The molecule has 30 heteroatoms. The fourth-order valence-corrected chi connectivity index (χ4v) is 11.1. The van der Waals surface area contributed by atoms with Crippen LogP contribution in [0.15, 0.2) is 319 Å². The highest BCUT2D eigenvalue weighted by Crippen LogP contribution is 2.32. The van der Waals surface area contributed by atoms with Gasteiger partial charge in [-0.2, -0.15) is 41.4 Å². The molecule has 16 rings (SSSR count). The van der Waals surface area contributed by atoms with Gasteiger partial charge in [-0.1, -0.05) is 198 Å². The summed E-state index contributed by atoms with van der Waals surface area (Å²) >= 11 is 3.33. The van der Waals surface area contributed by atoms with Crippen LogP contribution in [0.3, 0.4) is 0 Å². The van der Waals surface area contributed by atoms with E-state index in [0.29, 0.717) is 62.9 Å². The minimum absolute atomic E-state index is 0.0949. The highest BCUT2D eigenvalue weighted by molar-refractivity contribution is 9.08. The molecule has 16 aromatic rings. The summed E-state index contributed by atoms with van der Waals surface area (Å²) in [6.45, 7) is 42.8. The van der Waals surface area contributed by atoms with Gasteiger partial charge in [-0.25, -0.2) is 67.4 Å². The van der Waals surface area contributed by atoms with Crippen molar-refractivity contribution in [3.63, 3.8) is 0 Å². The molecule has 6 heterocycles. The molecule has 3 atom stereocenters. The van der Waals surface area contributed by atoms with Crippen LogP contribution in [-0.4, -0.2) is 89.0 Å². The van der Waals surface area contributed by atoms with Crippen LogP contribution in [0.25, 0.3) is 29.1 Å². The Labute approximate surface area is 686 Å². The Bertz CT molecular complexity index is 5470. The third-order valence-electron chi connectivity index (χ3n) is 16.5. The molecule has 0 saturated carbocycles. The predicted octanol–water partition coefficient (Wildman–Crippen LogP) is 18.4. The number of aromatic nitrogens is 18. The zero-order valence-corrected chi connectivity index (χ0v) is 63.8. The summed E-state index contributed by atoms with van der Waals surface area (Å²) in [6.07, 6.45) is 19.1. The molecule has 0 spiro atoms. The van der Waals surface area contributed by atoms with Crippen molar-refractivity contribution in [2.45, 2.75) is 36.5 Å². The number of hydrogen-bond donors (Lipinski definition) is 1. The van der Waals surface area contributed by atoms with E-state index in [9.17, 15) is 4.39 Å². The van der Waals surface area contributed by atoms with Crippen LogP contribution >= 0.6 is 15.9 Å². The lowest BCUT2D eigenvalue weighted by Crippen LogP contribution is -2.12. The molecule has 568 valence electrons. The van der Waals surface area contributed by atoms with Crippen molar-refractivity contribution in [2.24, 2.45) is 0 Å². The molecule has 0 amide bonds. The lowest BCUT2D eigenvalue weighted by atomic mass is 9.97. The molecule has 0 aliphatic rings. The second kappa shape index (κ2) is 46.1. The van der Waals surface area contributed by atoms with Crippen molar-refractivity contribution in [1.29, 1.82) is 21.0 Å². The predicted molar refractivity (Wildman–Crippen MR) is 440 cm³/mol. The van der Waals surface area contributed by atoms with Crippen molar-refractivity contribution in [3.05, 3.63) is 465 Å². The zero-order valence-electron chi connectivity index (χ0n) is 62.2. The number of alkyl halides is 1. The average molecular weight is 1610 g/mol.